The van der Waals surface area contributed by atoms with Gasteiger partial charge in [0, 0.05) is 15.8 Å². The van der Waals surface area contributed by atoms with Gasteiger partial charge in [0.05, 0.1) is 6.04 Å². The number of nitrogens with one attached hydrogen (secondary N) is 1. The molecule has 102 valence electrons. The first-order valence-corrected chi connectivity index (χ1v) is 7.73. The molecule has 0 unspecified atom stereocenters. The monoisotopic (exact) mass is 301 g/mol. The summed E-state index contributed by atoms with van der Waals surface area (Å²) in [5.74, 6) is 0.899. The Kier molecular flexibility index (Phi) is 3.54. The van der Waals surface area contributed by atoms with Crippen LogP contribution in [0.4, 0.5) is 0 Å². The molecular formula is C15H15N3S2. The van der Waals surface area contributed by atoms with Gasteiger partial charge in [-0.15, -0.1) is 11.3 Å². The van der Waals surface area contributed by atoms with E-state index in [2.05, 4.69) is 52.2 Å². The number of aryl methyl sites for hydroxylation is 1. The molecule has 2 aromatic heterocycles. The molecule has 2 heterocycles. The molecule has 5 heteroatoms. The highest BCUT2D eigenvalue weighted by atomic mass is 32.1. The van der Waals surface area contributed by atoms with Gasteiger partial charge in [0.1, 0.15) is 0 Å². The van der Waals surface area contributed by atoms with Crippen LogP contribution in [0.15, 0.2) is 41.8 Å². The van der Waals surface area contributed by atoms with Gasteiger partial charge in [-0.05, 0) is 37.7 Å². The second-order valence-electron chi connectivity index (χ2n) is 4.76. The van der Waals surface area contributed by atoms with Crippen molar-refractivity contribution in [2.24, 2.45) is 0 Å². The topological polar surface area (TPSA) is 33.6 Å². The Labute approximate surface area is 126 Å². The molecular weight excluding hydrogens is 286 g/mol. The summed E-state index contributed by atoms with van der Waals surface area (Å²) in [5, 5.41) is 9.43. The van der Waals surface area contributed by atoms with Gasteiger partial charge in [0.25, 0.3) is 0 Å². The number of rotatable bonds is 3. The lowest BCUT2D eigenvalue weighted by Crippen LogP contribution is -2.08. The molecule has 0 aliphatic heterocycles. The van der Waals surface area contributed by atoms with E-state index in [1.165, 1.54) is 10.4 Å². The van der Waals surface area contributed by atoms with E-state index in [4.69, 9.17) is 12.2 Å². The van der Waals surface area contributed by atoms with E-state index < -0.39 is 0 Å². The number of thiophene rings is 1. The van der Waals surface area contributed by atoms with Crippen LogP contribution in [0.25, 0.3) is 11.4 Å². The van der Waals surface area contributed by atoms with Crippen LogP contribution in [0, 0.1) is 11.7 Å². The zero-order valence-electron chi connectivity index (χ0n) is 11.3. The smallest absolute Gasteiger partial charge is 0.196 e. The first kappa shape index (κ1) is 13.3. The SMILES string of the molecule is Cc1cc(-c2n[nH]c(=S)n2[C@H](C)c2ccccc2)cs1. The van der Waals surface area contributed by atoms with E-state index in [1.54, 1.807) is 11.3 Å². The summed E-state index contributed by atoms with van der Waals surface area (Å²) in [6.07, 6.45) is 0. The summed E-state index contributed by atoms with van der Waals surface area (Å²) in [5.41, 5.74) is 2.33. The van der Waals surface area contributed by atoms with Crippen LogP contribution in [0.1, 0.15) is 23.4 Å². The third kappa shape index (κ3) is 2.34. The second kappa shape index (κ2) is 5.34. The number of H-pyrrole nitrogens is 1. The van der Waals surface area contributed by atoms with Crippen LogP contribution in [0.2, 0.25) is 0 Å². The highest BCUT2D eigenvalue weighted by Gasteiger charge is 2.16. The summed E-state index contributed by atoms with van der Waals surface area (Å²) in [6.45, 7) is 4.24. The number of nitrogens with zero attached hydrogens (tertiary/aromatic N) is 2. The average Bonchev–Trinajstić information content (AvgIpc) is 3.05. The molecule has 0 aliphatic rings. The second-order valence-corrected chi connectivity index (χ2v) is 6.26. The molecule has 0 bridgehead atoms. The minimum atomic E-state index is 0.151. The van der Waals surface area contributed by atoms with E-state index in [0.29, 0.717) is 4.77 Å². The molecule has 0 radical (unpaired) electrons. The Hall–Kier alpha value is -1.72. The van der Waals surface area contributed by atoms with Crippen molar-refractivity contribution in [1.82, 2.24) is 14.8 Å². The van der Waals surface area contributed by atoms with E-state index in [9.17, 15) is 0 Å². The zero-order valence-corrected chi connectivity index (χ0v) is 13.0. The first-order chi connectivity index (χ1) is 9.66. The van der Waals surface area contributed by atoms with Gasteiger partial charge in [0.15, 0.2) is 10.6 Å². The van der Waals surface area contributed by atoms with Crippen molar-refractivity contribution < 1.29 is 0 Å². The Morgan fingerprint density at radius 2 is 2.05 bits per heavy atom. The van der Waals surface area contributed by atoms with Crippen LogP contribution in [0.5, 0.6) is 0 Å². The fraction of sp³-hybridized carbons (Fsp3) is 0.200. The minimum absolute atomic E-state index is 0.151. The first-order valence-electron chi connectivity index (χ1n) is 6.44. The molecule has 0 aliphatic carbocycles. The van der Waals surface area contributed by atoms with E-state index >= 15 is 0 Å². The standard InChI is InChI=1S/C15H15N3S2/c1-10-8-13(9-20-10)14-16-17-15(19)18(14)11(2)12-6-4-3-5-7-12/h3-9,11H,1-2H3,(H,17,19)/t11-/m1/s1. The van der Waals surface area contributed by atoms with Crippen molar-refractivity contribution in [1.29, 1.82) is 0 Å². The maximum atomic E-state index is 5.40. The Balaban J connectivity index is 2.10. The quantitative estimate of drug-likeness (QED) is 0.718. The Morgan fingerprint density at radius 3 is 2.70 bits per heavy atom. The summed E-state index contributed by atoms with van der Waals surface area (Å²) in [4.78, 5) is 1.27. The summed E-state index contributed by atoms with van der Waals surface area (Å²) < 4.78 is 2.73. The molecule has 0 amide bonds. The van der Waals surface area contributed by atoms with Gasteiger partial charge in [-0.1, -0.05) is 30.3 Å². The predicted octanol–water partition coefficient (Wildman–Crippen LogP) is 4.59. The molecule has 3 nitrogen and oxygen atoms in total. The zero-order chi connectivity index (χ0) is 14.1. The van der Waals surface area contributed by atoms with Crippen LogP contribution in [-0.4, -0.2) is 14.8 Å². The molecule has 0 spiro atoms. The molecule has 3 aromatic rings. The van der Waals surface area contributed by atoms with Crippen molar-refractivity contribution in [2.75, 3.05) is 0 Å². The Morgan fingerprint density at radius 1 is 1.30 bits per heavy atom. The number of aromatic amines is 1. The molecule has 20 heavy (non-hydrogen) atoms. The third-order valence-electron chi connectivity index (χ3n) is 3.36. The van der Waals surface area contributed by atoms with Crippen molar-refractivity contribution in [3.8, 4) is 11.4 Å². The third-order valence-corrected chi connectivity index (χ3v) is 4.51. The molecule has 3 rings (SSSR count). The highest BCUT2D eigenvalue weighted by Crippen LogP contribution is 2.28. The van der Waals surface area contributed by atoms with Crippen LogP contribution < -0.4 is 0 Å². The van der Waals surface area contributed by atoms with Gasteiger partial charge in [-0.2, -0.15) is 5.10 Å². The fourth-order valence-electron chi connectivity index (χ4n) is 2.31. The van der Waals surface area contributed by atoms with Crippen molar-refractivity contribution >= 4 is 23.6 Å². The lowest BCUT2D eigenvalue weighted by atomic mass is 10.1. The maximum Gasteiger partial charge on any atom is 0.196 e. The van der Waals surface area contributed by atoms with Crippen LogP contribution in [0.3, 0.4) is 0 Å². The molecule has 1 aromatic carbocycles. The molecule has 1 N–H and O–H groups in total. The summed E-state index contributed by atoms with van der Waals surface area (Å²) in [7, 11) is 0. The minimum Gasteiger partial charge on any atom is -0.293 e. The van der Waals surface area contributed by atoms with Crippen LogP contribution in [-0.2, 0) is 0 Å². The molecule has 1 atom stereocenters. The van der Waals surface area contributed by atoms with Crippen LogP contribution >= 0.6 is 23.6 Å². The van der Waals surface area contributed by atoms with Crippen molar-refractivity contribution in [3.63, 3.8) is 0 Å². The number of hydrogen-bond acceptors (Lipinski definition) is 3. The number of aromatic nitrogens is 3. The maximum absolute atomic E-state index is 5.40. The fourth-order valence-corrected chi connectivity index (χ4v) is 3.28. The van der Waals surface area contributed by atoms with Gasteiger partial charge in [-0.3, -0.25) is 9.67 Å². The average molecular weight is 301 g/mol. The van der Waals surface area contributed by atoms with Gasteiger partial charge >= 0.3 is 0 Å². The lowest BCUT2D eigenvalue weighted by Gasteiger charge is -2.15. The van der Waals surface area contributed by atoms with Gasteiger partial charge < -0.3 is 0 Å². The number of benzene rings is 1. The molecule has 0 fully saturated rings. The Bertz CT molecular complexity index is 768. The predicted molar refractivity (Wildman–Crippen MR) is 85.7 cm³/mol. The molecule has 0 saturated heterocycles. The largest absolute Gasteiger partial charge is 0.293 e. The van der Waals surface area contributed by atoms with Gasteiger partial charge in [0.2, 0.25) is 0 Å². The summed E-state index contributed by atoms with van der Waals surface area (Å²) in [6, 6.07) is 12.6. The number of hydrogen-bond donors (Lipinski definition) is 1. The van der Waals surface area contributed by atoms with E-state index in [1.807, 2.05) is 18.2 Å². The van der Waals surface area contributed by atoms with Crippen molar-refractivity contribution in [2.45, 2.75) is 19.9 Å². The highest BCUT2D eigenvalue weighted by molar-refractivity contribution is 7.71. The van der Waals surface area contributed by atoms with E-state index in [0.717, 1.165) is 11.4 Å². The normalized spacial score (nSPS) is 12.5. The van der Waals surface area contributed by atoms with Crippen molar-refractivity contribution in [3.05, 3.63) is 57.0 Å². The lowest BCUT2D eigenvalue weighted by molar-refractivity contribution is 0.635. The van der Waals surface area contributed by atoms with E-state index in [-0.39, 0.29) is 6.04 Å². The van der Waals surface area contributed by atoms with Gasteiger partial charge in [-0.25, -0.2) is 0 Å². The molecule has 0 saturated carbocycles. The summed E-state index contributed by atoms with van der Waals surface area (Å²) >= 11 is 7.13.